The second-order valence-electron chi connectivity index (χ2n) is 9.69. The van der Waals surface area contributed by atoms with Crippen LogP contribution in [-0.2, 0) is 18.9 Å². The van der Waals surface area contributed by atoms with Crippen LogP contribution in [0, 0.1) is 0 Å². The van der Waals surface area contributed by atoms with Gasteiger partial charge in [-0.15, -0.1) is 0 Å². The lowest BCUT2D eigenvalue weighted by Crippen LogP contribution is -2.68. The van der Waals surface area contributed by atoms with Crippen LogP contribution in [-0.4, -0.2) is 108 Å². The van der Waals surface area contributed by atoms with Gasteiger partial charge >= 0.3 is 0 Å². The summed E-state index contributed by atoms with van der Waals surface area (Å²) in [7, 11) is 1.62. The first-order valence-electron chi connectivity index (χ1n) is 11.3. The maximum Gasteiger partial charge on any atom is 0.185 e. The summed E-state index contributed by atoms with van der Waals surface area (Å²) in [6, 6.07) is -2.47. The molecule has 3 fully saturated rings. The predicted octanol–water partition coefficient (Wildman–Crippen LogP) is -3.59. The Morgan fingerprint density at radius 2 is 1.59 bits per heavy atom. The Kier molecular flexibility index (Phi) is 8.51. The molecule has 32 heavy (non-hydrogen) atoms. The Bertz CT molecular complexity index is 615. The maximum atomic E-state index is 11.1. The van der Waals surface area contributed by atoms with Crippen LogP contribution in [0.5, 0.6) is 0 Å². The van der Waals surface area contributed by atoms with Crippen molar-refractivity contribution < 1.29 is 34.3 Å². The lowest BCUT2D eigenvalue weighted by atomic mass is 9.84. The van der Waals surface area contributed by atoms with Gasteiger partial charge in [-0.25, -0.2) is 0 Å². The summed E-state index contributed by atoms with van der Waals surface area (Å²) in [5.41, 5.74) is 23.3. The molecule has 0 aromatic heterocycles. The molecule has 3 aliphatic rings. The third-order valence-electron chi connectivity index (χ3n) is 6.81. The number of likely N-dealkylation sites (N-methyl/N-ethyl adjacent to an activating group) is 1. The molecule has 12 N–H and O–H groups in total. The van der Waals surface area contributed by atoms with Crippen LogP contribution in [0.4, 0.5) is 0 Å². The summed E-state index contributed by atoms with van der Waals surface area (Å²) < 4.78 is 23.4. The van der Waals surface area contributed by atoms with E-state index in [-0.39, 0.29) is 24.8 Å². The van der Waals surface area contributed by atoms with Gasteiger partial charge in [-0.1, -0.05) is 0 Å². The van der Waals surface area contributed by atoms with Gasteiger partial charge in [-0.05, 0) is 40.2 Å². The van der Waals surface area contributed by atoms with Crippen molar-refractivity contribution >= 4 is 0 Å². The van der Waals surface area contributed by atoms with E-state index in [1.165, 1.54) is 0 Å². The average Bonchev–Trinajstić information content (AvgIpc) is 2.71. The average molecular weight is 464 g/mol. The summed E-state index contributed by atoms with van der Waals surface area (Å²) in [5, 5.41) is 35.0. The molecule has 0 aromatic carbocycles. The summed E-state index contributed by atoms with van der Waals surface area (Å²) >= 11 is 0. The second-order valence-corrected chi connectivity index (χ2v) is 9.69. The fraction of sp³-hybridized carbons (Fsp3) is 1.00. The van der Waals surface area contributed by atoms with E-state index in [1.54, 1.807) is 14.0 Å². The highest BCUT2D eigenvalue weighted by atomic mass is 16.7. The molecule has 2 aliphatic heterocycles. The lowest BCUT2D eigenvalue weighted by Gasteiger charge is -2.48. The minimum Gasteiger partial charge on any atom is -0.388 e. The van der Waals surface area contributed by atoms with Crippen molar-refractivity contribution in [2.24, 2.45) is 22.9 Å². The van der Waals surface area contributed by atoms with Crippen LogP contribution in [0.2, 0.25) is 0 Å². The van der Waals surface area contributed by atoms with Crippen molar-refractivity contribution in [2.45, 2.75) is 112 Å². The van der Waals surface area contributed by atoms with E-state index in [0.717, 1.165) is 6.42 Å². The molecule has 0 bridgehead atoms. The first-order valence-corrected chi connectivity index (χ1v) is 11.3. The molecule has 0 amide bonds. The molecule has 1 saturated carbocycles. The van der Waals surface area contributed by atoms with Crippen LogP contribution in [0.25, 0.3) is 0 Å². The summed E-state index contributed by atoms with van der Waals surface area (Å²) in [6.45, 7) is 3.34. The molecule has 12 nitrogen and oxygen atoms in total. The molecule has 2 saturated heterocycles. The Morgan fingerprint density at radius 3 is 2.16 bits per heavy atom. The first kappa shape index (κ1) is 26.1. The Morgan fingerprint density at radius 1 is 1.00 bits per heavy atom. The van der Waals surface area contributed by atoms with Crippen LogP contribution in [0.3, 0.4) is 0 Å². The molecule has 1 unspecified atom stereocenters. The van der Waals surface area contributed by atoms with E-state index in [0.29, 0.717) is 12.8 Å². The molecule has 3 rings (SSSR count). The summed E-state index contributed by atoms with van der Waals surface area (Å²) in [5.74, 6) is 0. The van der Waals surface area contributed by atoms with Crippen molar-refractivity contribution in [2.75, 3.05) is 13.7 Å². The van der Waals surface area contributed by atoms with Crippen LogP contribution in [0.15, 0.2) is 0 Å². The topological polar surface area (TPSA) is 214 Å². The standard InChI is InChI=1S/C20H41N5O7/c1-8(21)12-5-4-9(22)18(30-12)31-15-10(23)6-11(24)16(13(15)26)32-19-14(27)17(25-3)20(2,28)7-29-19/h8-19,25-28H,4-7,21-24H2,1-3H3/t8?,9-,10-,11-,12+,13-,14-,15-,16-,17-,18-,19-,20+/m1/s1. The molecule has 1 aliphatic carbocycles. The maximum absolute atomic E-state index is 11.1. The monoisotopic (exact) mass is 463 g/mol. The fourth-order valence-electron chi connectivity index (χ4n) is 4.87. The summed E-state index contributed by atoms with van der Waals surface area (Å²) in [6.07, 6.45) is -4.58. The molecule has 12 heteroatoms. The first-order chi connectivity index (χ1) is 15.0. The normalized spacial score (nSPS) is 51.4. The number of hydrogen-bond donors (Lipinski definition) is 8. The highest BCUT2D eigenvalue weighted by Gasteiger charge is 2.50. The quantitative estimate of drug-likeness (QED) is 0.192. The second kappa shape index (κ2) is 10.4. The molecule has 13 atom stereocenters. The van der Waals surface area contributed by atoms with E-state index in [9.17, 15) is 15.3 Å². The van der Waals surface area contributed by atoms with Gasteiger partial charge in [0.25, 0.3) is 0 Å². The lowest BCUT2D eigenvalue weighted by molar-refractivity contribution is -0.307. The summed E-state index contributed by atoms with van der Waals surface area (Å²) in [4.78, 5) is 0. The van der Waals surface area contributed by atoms with Gasteiger partial charge in [-0.3, -0.25) is 0 Å². The highest BCUT2D eigenvalue weighted by molar-refractivity contribution is 5.02. The minimum atomic E-state index is -1.29. The number of hydrogen-bond acceptors (Lipinski definition) is 12. The Hall–Kier alpha value is -0.480. The van der Waals surface area contributed by atoms with Crippen LogP contribution < -0.4 is 28.3 Å². The molecular formula is C20H41N5O7. The molecule has 0 spiro atoms. The Labute approximate surface area is 188 Å². The molecule has 188 valence electrons. The largest absolute Gasteiger partial charge is 0.388 e. The SMILES string of the molecule is CN[C@@H]1[C@@H](O)[C@@H](O[C@H]2[C@H](O)[C@H](O[C@H]3O[C@H](C(C)N)CC[C@H]3N)[C@H](N)C[C@H]2N)OC[C@]1(C)O. The van der Waals surface area contributed by atoms with E-state index in [2.05, 4.69) is 5.32 Å². The van der Waals surface area contributed by atoms with Crippen molar-refractivity contribution in [3.05, 3.63) is 0 Å². The molecule has 0 aromatic rings. The van der Waals surface area contributed by atoms with Gasteiger partial charge in [0.15, 0.2) is 12.6 Å². The number of rotatable bonds is 6. The third kappa shape index (κ3) is 5.43. The van der Waals surface area contributed by atoms with Gasteiger partial charge in [-0.2, -0.15) is 0 Å². The Balaban J connectivity index is 1.69. The number of ether oxygens (including phenoxy) is 4. The van der Waals surface area contributed by atoms with Gasteiger partial charge in [0.2, 0.25) is 0 Å². The van der Waals surface area contributed by atoms with Gasteiger partial charge in [0.05, 0.1) is 24.8 Å². The zero-order valence-electron chi connectivity index (χ0n) is 19.0. The van der Waals surface area contributed by atoms with E-state index in [4.69, 9.17) is 41.9 Å². The number of aliphatic hydroxyl groups excluding tert-OH is 2. The van der Waals surface area contributed by atoms with E-state index < -0.39 is 60.7 Å². The van der Waals surface area contributed by atoms with Crippen molar-refractivity contribution in [1.82, 2.24) is 5.32 Å². The van der Waals surface area contributed by atoms with Crippen LogP contribution >= 0.6 is 0 Å². The number of nitrogens with one attached hydrogen (secondary N) is 1. The zero-order chi connectivity index (χ0) is 23.8. The molecule has 0 radical (unpaired) electrons. The molecular weight excluding hydrogens is 422 g/mol. The third-order valence-corrected chi connectivity index (χ3v) is 6.81. The predicted molar refractivity (Wildman–Crippen MR) is 115 cm³/mol. The number of nitrogens with two attached hydrogens (primary N) is 4. The van der Waals surface area contributed by atoms with Gasteiger partial charge in [0, 0.05) is 18.1 Å². The highest BCUT2D eigenvalue weighted by Crippen LogP contribution is 2.31. The smallest absolute Gasteiger partial charge is 0.185 e. The van der Waals surface area contributed by atoms with Crippen molar-refractivity contribution in [3.63, 3.8) is 0 Å². The number of aliphatic hydroxyl groups is 3. The minimum absolute atomic E-state index is 0.0683. The van der Waals surface area contributed by atoms with Gasteiger partial charge in [0.1, 0.15) is 30.0 Å². The van der Waals surface area contributed by atoms with Crippen LogP contribution in [0.1, 0.15) is 33.1 Å². The van der Waals surface area contributed by atoms with Crippen molar-refractivity contribution in [1.29, 1.82) is 0 Å². The fourth-order valence-corrected chi connectivity index (χ4v) is 4.87. The van der Waals surface area contributed by atoms with E-state index >= 15 is 0 Å². The van der Waals surface area contributed by atoms with Gasteiger partial charge < -0.3 is 62.5 Å². The van der Waals surface area contributed by atoms with Crippen molar-refractivity contribution in [3.8, 4) is 0 Å². The zero-order valence-corrected chi connectivity index (χ0v) is 19.0. The van der Waals surface area contributed by atoms with E-state index in [1.807, 2.05) is 6.92 Å². The molecule has 2 heterocycles.